The minimum atomic E-state index is 0.0616. The molecule has 0 saturated carbocycles. The van der Waals surface area contributed by atoms with E-state index in [1.807, 2.05) is 29.2 Å². The number of anilines is 1. The van der Waals surface area contributed by atoms with Crippen LogP contribution >= 0.6 is 0 Å². The van der Waals surface area contributed by atoms with E-state index in [1.54, 1.807) is 0 Å². The first-order chi connectivity index (χ1) is 10.7. The Morgan fingerprint density at radius 3 is 2.95 bits per heavy atom. The quantitative estimate of drug-likeness (QED) is 0.646. The molecule has 1 fully saturated rings. The zero-order valence-electron chi connectivity index (χ0n) is 13.2. The molecule has 1 aliphatic rings. The zero-order valence-corrected chi connectivity index (χ0v) is 13.2. The van der Waals surface area contributed by atoms with Crippen LogP contribution in [-0.4, -0.2) is 35.8 Å². The number of benzene rings is 1. The molecule has 2 N–H and O–H groups in total. The predicted octanol–water partition coefficient (Wildman–Crippen LogP) is 3.38. The van der Waals surface area contributed by atoms with Crippen LogP contribution in [0.3, 0.4) is 0 Å². The van der Waals surface area contributed by atoms with Gasteiger partial charge < -0.3 is 10.3 Å². The fraction of sp³-hybridized carbons (Fsp3) is 0.471. The molecular formula is C17H24N4O. The van der Waals surface area contributed by atoms with Crippen molar-refractivity contribution in [3.63, 3.8) is 0 Å². The first kappa shape index (κ1) is 16.2. The second-order valence-corrected chi connectivity index (χ2v) is 5.80. The standard InChI is InChI=1S/C17H24N4O/c1-3-14-9-8-13(2)12-21(14)17(22)15-6-4-5-7-16(15)20-19-11-10-18/h4-7,10-11,13-14,18,20H,3,8-9,12H2,1-2H3/b18-10?,19-11-/t13?,14-/m1/s1. The van der Waals surface area contributed by atoms with Gasteiger partial charge in [-0.3, -0.25) is 10.2 Å². The van der Waals surface area contributed by atoms with Gasteiger partial charge in [0.2, 0.25) is 0 Å². The molecule has 0 aliphatic carbocycles. The van der Waals surface area contributed by atoms with Gasteiger partial charge in [-0.1, -0.05) is 26.0 Å². The maximum Gasteiger partial charge on any atom is 0.256 e. The number of hydrogen-bond acceptors (Lipinski definition) is 4. The van der Waals surface area contributed by atoms with Crippen molar-refractivity contribution in [1.82, 2.24) is 4.90 Å². The lowest BCUT2D eigenvalue weighted by Gasteiger charge is -2.38. The molecule has 0 radical (unpaired) electrons. The highest BCUT2D eigenvalue weighted by Crippen LogP contribution is 2.27. The molecule has 1 amide bonds. The summed E-state index contributed by atoms with van der Waals surface area (Å²) in [6.45, 7) is 5.15. The predicted molar refractivity (Wildman–Crippen MR) is 90.9 cm³/mol. The largest absolute Gasteiger partial charge is 0.335 e. The topological polar surface area (TPSA) is 68.6 Å². The number of carbonyl (C=O) groups excluding carboxylic acids is 1. The summed E-state index contributed by atoms with van der Waals surface area (Å²) in [6.07, 6.45) is 5.69. The molecule has 0 bridgehead atoms. The van der Waals surface area contributed by atoms with Gasteiger partial charge in [-0.05, 0) is 37.3 Å². The van der Waals surface area contributed by atoms with E-state index in [0.29, 0.717) is 23.2 Å². The zero-order chi connectivity index (χ0) is 15.9. The fourth-order valence-corrected chi connectivity index (χ4v) is 2.95. The molecule has 118 valence electrons. The molecule has 2 rings (SSSR count). The minimum absolute atomic E-state index is 0.0616. The van der Waals surface area contributed by atoms with Crippen LogP contribution in [-0.2, 0) is 0 Å². The SMILES string of the molecule is CC[C@@H]1CCC(C)CN1C(=O)c1ccccc1N/N=C\C=N. The number of carbonyl (C=O) groups is 1. The van der Waals surface area contributed by atoms with Gasteiger partial charge in [-0.2, -0.15) is 5.10 Å². The molecule has 1 heterocycles. The molecule has 1 aliphatic heterocycles. The van der Waals surface area contributed by atoms with E-state index in [2.05, 4.69) is 24.4 Å². The maximum atomic E-state index is 13.0. The van der Waals surface area contributed by atoms with Crippen LogP contribution in [0.15, 0.2) is 29.4 Å². The van der Waals surface area contributed by atoms with Crippen LogP contribution in [0, 0.1) is 11.3 Å². The number of nitrogens with zero attached hydrogens (tertiary/aromatic N) is 2. The monoisotopic (exact) mass is 300 g/mol. The molecule has 0 aromatic heterocycles. The third-order valence-corrected chi connectivity index (χ3v) is 4.17. The van der Waals surface area contributed by atoms with Crippen molar-refractivity contribution >= 4 is 24.0 Å². The lowest BCUT2D eigenvalue weighted by atomic mass is 9.92. The number of para-hydroxylation sites is 1. The summed E-state index contributed by atoms with van der Waals surface area (Å²) in [7, 11) is 0. The van der Waals surface area contributed by atoms with Crippen molar-refractivity contribution in [2.45, 2.75) is 39.2 Å². The Kier molecular flexibility index (Phi) is 5.69. The van der Waals surface area contributed by atoms with Gasteiger partial charge in [-0.15, -0.1) is 0 Å². The Labute approximate surface area is 131 Å². The number of amides is 1. The van der Waals surface area contributed by atoms with Gasteiger partial charge in [0, 0.05) is 18.8 Å². The highest BCUT2D eigenvalue weighted by Gasteiger charge is 2.30. The van der Waals surface area contributed by atoms with Crippen molar-refractivity contribution < 1.29 is 4.79 Å². The Balaban J connectivity index is 2.24. The van der Waals surface area contributed by atoms with Crippen LogP contribution in [0.25, 0.3) is 0 Å². The first-order valence-corrected chi connectivity index (χ1v) is 7.85. The summed E-state index contributed by atoms with van der Waals surface area (Å²) in [5.74, 6) is 0.606. The number of likely N-dealkylation sites (tertiary alicyclic amines) is 1. The van der Waals surface area contributed by atoms with Crippen LogP contribution < -0.4 is 5.43 Å². The number of hydrazone groups is 1. The Bertz CT molecular complexity index is 555. The van der Waals surface area contributed by atoms with E-state index < -0.39 is 0 Å². The second-order valence-electron chi connectivity index (χ2n) is 5.80. The minimum Gasteiger partial charge on any atom is -0.335 e. The van der Waals surface area contributed by atoms with Crippen LogP contribution in [0.4, 0.5) is 5.69 Å². The van der Waals surface area contributed by atoms with Gasteiger partial charge in [0.05, 0.1) is 17.5 Å². The first-order valence-electron chi connectivity index (χ1n) is 7.85. The highest BCUT2D eigenvalue weighted by molar-refractivity contribution is 6.14. The molecule has 5 heteroatoms. The maximum absolute atomic E-state index is 13.0. The van der Waals surface area contributed by atoms with E-state index in [9.17, 15) is 4.79 Å². The van der Waals surface area contributed by atoms with Gasteiger partial charge in [0.25, 0.3) is 5.91 Å². The fourth-order valence-electron chi connectivity index (χ4n) is 2.95. The third-order valence-electron chi connectivity index (χ3n) is 4.17. The Hall–Kier alpha value is -2.17. The smallest absolute Gasteiger partial charge is 0.256 e. The Morgan fingerprint density at radius 1 is 1.45 bits per heavy atom. The lowest BCUT2D eigenvalue weighted by molar-refractivity contribution is 0.0541. The molecular weight excluding hydrogens is 276 g/mol. The Morgan fingerprint density at radius 2 is 2.23 bits per heavy atom. The summed E-state index contributed by atoms with van der Waals surface area (Å²) in [5.41, 5.74) is 4.16. The second kappa shape index (κ2) is 7.73. The molecule has 5 nitrogen and oxygen atoms in total. The summed E-state index contributed by atoms with van der Waals surface area (Å²) in [5, 5.41) is 10.9. The molecule has 1 unspecified atom stereocenters. The van der Waals surface area contributed by atoms with Gasteiger partial charge >= 0.3 is 0 Å². The van der Waals surface area contributed by atoms with E-state index in [4.69, 9.17) is 5.41 Å². The normalized spacial score (nSPS) is 21.8. The number of piperidine rings is 1. The van der Waals surface area contributed by atoms with Crippen molar-refractivity contribution in [2.24, 2.45) is 11.0 Å². The number of rotatable bonds is 5. The summed E-state index contributed by atoms with van der Waals surface area (Å²) in [6, 6.07) is 7.73. The van der Waals surface area contributed by atoms with Gasteiger partial charge in [-0.25, -0.2) is 0 Å². The van der Waals surface area contributed by atoms with Crippen LogP contribution in [0.2, 0.25) is 0 Å². The molecule has 0 spiro atoms. The summed E-state index contributed by atoms with van der Waals surface area (Å²) in [4.78, 5) is 15.0. The van der Waals surface area contributed by atoms with Crippen LogP contribution in [0.1, 0.15) is 43.5 Å². The van der Waals surface area contributed by atoms with E-state index in [1.165, 1.54) is 12.6 Å². The van der Waals surface area contributed by atoms with E-state index in [0.717, 1.165) is 25.6 Å². The van der Waals surface area contributed by atoms with Crippen LogP contribution in [0.5, 0.6) is 0 Å². The molecule has 2 atom stereocenters. The number of hydrogen-bond donors (Lipinski definition) is 2. The van der Waals surface area contributed by atoms with Gasteiger partial charge in [0.15, 0.2) is 0 Å². The average Bonchev–Trinajstić information content (AvgIpc) is 2.55. The van der Waals surface area contributed by atoms with E-state index in [-0.39, 0.29) is 5.91 Å². The van der Waals surface area contributed by atoms with E-state index >= 15 is 0 Å². The highest BCUT2D eigenvalue weighted by atomic mass is 16.2. The molecule has 1 aromatic carbocycles. The van der Waals surface area contributed by atoms with Crippen molar-refractivity contribution in [1.29, 1.82) is 5.41 Å². The third kappa shape index (κ3) is 3.72. The van der Waals surface area contributed by atoms with Crippen molar-refractivity contribution in [3.8, 4) is 0 Å². The van der Waals surface area contributed by atoms with Gasteiger partial charge in [0.1, 0.15) is 0 Å². The van der Waals surface area contributed by atoms with Crippen molar-refractivity contribution in [3.05, 3.63) is 29.8 Å². The molecule has 22 heavy (non-hydrogen) atoms. The molecule has 1 aromatic rings. The van der Waals surface area contributed by atoms with Crippen molar-refractivity contribution in [2.75, 3.05) is 12.0 Å². The number of nitrogens with one attached hydrogen (secondary N) is 2. The summed E-state index contributed by atoms with van der Waals surface area (Å²) < 4.78 is 0. The average molecular weight is 300 g/mol. The lowest BCUT2D eigenvalue weighted by Crippen LogP contribution is -2.46. The summed E-state index contributed by atoms with van der Waals surface area (Å²) >= 11 is 0. The molecule has 1 saturated heterocycles.